The minimum absolute atomic E-state index is 0.302. The zero-order chi connectivity index (χ0) is 22.4. The van der Waals surface area contributed by atoms with E-state index in [9.17, 15) is 0 Å². The Kier molecular flexibility index (Phi) is 8.14. The second-order valence-corrected chi connectivity index (χ2v) is 8.37. The number of aryl methyl sites for hydroxylation is 1. The largest absolute Gasteiger partial charge is 0.493 e. The highest BCUT2D eigenvalue weighted by Crippen LogP contribution is 2.35. The Morgan fingerprint density at radius 1 is 0.968 bits per heavy atom. The van der Waals surface area contributed by atoms with Crippen LogP contribution in [0.3, 0.4) is 0 Å². The van der Waals surface area contributed by atoms with Gasteiger partial charge in [-0.25, -0.2) is 0 Å². The molecule has 0 atom stereocenters. The summed E-state index contributed by atoms with van der Waals surface area (Å²) in [6.07, 6.45) is 2.48. The highest BCUT2D eigenvalue weighted by molar-refractivity contribution is 6.35. The molecule has 3 aromatic rings. The Morgan fingerprint density at radius 3 is 2.45 bits per heavy atom. The third-order valence-electron chi connectivity index (χ3n) is 4.83. The van der Waals surface area contributed by atoms with Gasteiger partial charge in [-0.2, -0.15) is 0 Å². The molecule has 0 aliphatic heterocycles. The van der Waals surface area contributed by atoms with Crippen molar-refractivity contribution in [3.8, 4) is 11.5 Å². The first-order valence-electron chi connectivity index (χ1n) is 9.78. The Labute approximate surface area is 198 Å². The number of allylic oxidation sites excluding steroid dienone is 1. The van der Waals surface area contributed by atoms with Gasteiger partial charge in [0, 0.05) is 38.4 Å². The van der Waals surface area contributed by atoms with Crippen LogP contribution in [0.2, 0.25) is 15.1 Å². The lowest BCUT2D eigenvalue weighted by molar-refractivity contribution is 0.282. The lowest BCUT2D eigenvalue weighted by Crippen LogP contribution is -2.05. The maximum atomic E-state index is 6.29. The first kappa shape index (κ1) is 23.3. The van der Waals surface area contributed by atoms with E-state index in [0.717, 1.165) is 33.0 Å². The van der Waals surface area contributed by atoms with Crippen molar-refractivity contribution >= 4 is 40.5 Å². The van der Waals surface area contributed by atoms with Crippen molar-refractivity contribution in [2.24, 2.45) is 0 Å². The van der Waals surface area contributed by atoms with Gasteiger partial charge in [0.25, 0.3) is 0 Å². The van der Waals surface area contributed by atoms with Crippen LogP contribution < -0.4 is 14.8 Å². The first-order valence-corrected chi connectivity index (χ1v) is 10.9. The predicted octanol–water partition coefficient (Wildman–Crippen LogP) is 7.88. The van der Waals surface area contributed by atoms with Gasteiger partial charge in [0.2, 0.25) is 0 Å². The number of ether oxygens (including phenoxy) is 2. The number of rotatable bonds is 9. The van der Waals surface area contributed by atoms with Crippen LogP contribution in [0.1, 0.15) is 22.3 Å². The van der Waals surface area contributed by atoms with Crippen LogP contribution in [0.25, 0.3) is 0 Å². The maximum absolute atomic E-state index is 6.29. The molecule has 0 heterocycles. The zero-order valence-corrected chi connectivity index (χ0v) is 19.7. The Morgan fingerprint density at radius 2 is 1.77 bits per heavy atom. The number of hydrogen-bond donors (Lipinski definition) is 1. The van der Waals surface area contributed by atoms with Gasteiger partial charge >= 0.3 is 0 Å². The van der Waals surface area contributed by atoms with E-state index in [4.69, 9.17) is 44.3 Å². The average Bonchev–Trinajstić information content (AvgIpc) is 2.74. The molecule has 0 aliphatic carbocycles. The van der Waals surface area contributed by atoms with Crippen molar-refractivity contribution in [2.45, 2.75) is 26.5 Å². The minimum Gasteiger partial charge on any atom is -0.493 e. The third kappa shape index (κ3) is 6.10. The first-order chi connectivity index (χ1) is 14.9. The molecule has 0 saturated heterocycles. The number of halogens is 3. The molecule has 1 N–H and O–H groups in total. The molecule has 0 spiro atoms. The van der Waals surface area contributed by atoms with E-state index in [2.05, 4.69) is 18.0 Å². The molecule has 3 aromatic carbocycles. The molecule has 0 amide bonds. The normalized spacial score (nSPS) is 10.6. The molecular formula is C25H24Cl3NO2. The monoisotopic (exact) mass is 475 g/mol. The summed E-state index contributed by atoms with van der Waals surface area (Å²) in [5, 5.41) is 5.29. The van der Waals surface area contributed by atoms with E-state index in [-0.39, 0.29) is 0 Å². The van der Waals surface area contributed by atoms with Crippen molar-refractivity contribution in [3.63, 3.8) is 0 Å². The molecule has 0 fully saturated rings. The van der Waals surface area contributed by atoms with E-state index in [1.807, 2.05) is 43.3 Å². The molecule has 6 heteroatoms. The standard InChI is InChI=1S/C25H24Cl3NO2/c1-4-5-18-10-17(14-29-21-9-6-16(2)22(27)13-21)11-24(30-3)25(18)31-15-19-7-8-20(26)12-23(19)28/h4,6-13,29H,1,5,14-15H2,2-3H3. The van der Waals surface area contributed by atoms with Crippen molar-refractivity contribution in [1.82, 2.24) is 0 Å². The fourth-order valence-electron chi connectivity index (χ4n) is 3.14. The highest BCUT2D eigenvalue weighted by atomic mass is 35.5. The van der Waals surface area contributed by atoms with E-state index < -0.39 is 0 Å². The Bertz CT molecular complexity index is 1080. The van der Waals surface area contributed by atoms with Gasteiger partial charge in [-0.1, -0.05) is 53.0 Å². The molecular weight excluding hydrogens is 453 g/mol. The van der Waals surface area contributed by atoms with Gasteiger partial charge in [-0.3, -0.25) is 0 Å². The molecule has 31 heavy (non-hydrogen) atoms. The van der Waals surface area contributed by atoms with Crippen LogP contribution in [0, 0.1) is 6.92 Å². The van der Waals surface area contributed by atoms with E-state index >= 15 is 0 Å². The van der Waals surface area contributed by atoms with Crippen LogP contribution >= 0.6 is 34.8 Å². The van der Waals surface area contributed by atoms with E-state index in [1.54, 1.807) is 19.2 Å². The van der Waals surface area contributed by atoms with Gasteiger partial charge in [0.05, 0.1) is 7.11 Å². The summed E-state index contributed by atoms with van der Waals surface area (Å²) >= 11 is 18.5. The summed E-state index contributed by atoms with van der Waals surface area (Å²) in [5.74, 6) is 1.33. The summed E-state index contributed by atoms with van der Waals surface area (Å²) in [6.45, 7) is 6.77. The van der Waals surface area contributed by atoms with Crippen molar-refractivity contribution in [3.05, 3.63) is 98.5 Å². The fourth-order valence-corrected chi connectivity index (χ4v) is 3.79. The molecule has 0 aromatic heterocycles. The van der Waals surface area contributed by atoms with Crippen LogP contribution in [0.15, 0.2) is 61.2 Å². The second-order valence-electron chi connectivity index (χ2n) is 7.12. The molecule has 3 nitrogen and oxygen atoms in total. The highest BCUT2D eigenvalue weighted by Gasteiger charge is 2.14. The average molecular weight is 477 g/mol. The van der Waals surface area contributed by atoms with Gasteiger partial charge < -0.3 is 14.8 Å². The lowest BCUT2D eigenvalue weighted by atomic mass is 10.0. The van der Waals surface area contributed by atoms with Crippen LogP contribution in [0.5, 0.6) is 11.5 Å². The number of anilines is 1. The summed E-state index contributed by atoms with van der Waals surface area (Å²) < 4.78 is 11.8. The zero-order valence-electron chi connectivity index (χ0n) is 17.5. The molecule has 0 unspecified atom stereocenters. The van der Waals surface area contributed by atoms with Crippen molar-refractivity contribution in [1.29, 1.82) is 0 Å². The minimum atomic E-state index is 0.302. The number of methoxy groups -OCH3 is 1. The van der Waals surface area contributed by atoms with E-state index in [1.165, 1.54) is 0 Å². The van der Waals surface area contributed by atoms with Crippen molar-refractivity contribution in [2.75, 3.05) is 12.4 Å². The number of benzene rings is 3. The Hall–Kier alpha value is -2.33. The smallest absolute Gasteiger partial charge is 0.165 e. The maximum Gasteiger partial charge on any atom is 0.165 e. The van der Waals surface area contributed by atoms with Gasteiger partial charge in [0.1, 0.15) is 6.61 Å². The molecule has 0 bridgehead atoms. The molecule has 0 saturated carbocycles. The lowest BCUT2D eigenvalue weighted by Gasteiger charge is -2.18. The summed E-state index contributed by atoms with van der Waals surface area (Å²) in [7, 11) is 1.63. The van der Waals surface area contributed by atoms with Crippen LogP contribution in [0.4, 0.5) is 5.69 Å². The van der Waals surface area contributed by atoms with Crippen LogP contribution in [-0.4, -0.2) is 7.11 Å². The van der Waals surface area contributed by atoms with Crippen molar-refractivity contribution < 1.29 is 9.47 Å². The molecule has 0 aliphatic rings. The topological polar surface area (TPSA) is 30.5 Å². The third-order valence-corrected chi connectivity index (χ3v) is 5.83. The van der Waals surface area contributed by atoms with E-state index in [0.29, 0.717) is 41.1 Å². The molecule has 0 radical (unpaired) electrons. The van der Waals surface area contributed by atoms with Gasteiger partial charge in [-0.15, -0.1) is 6.58 Å². The molecule has 162 valence electrons. The van der Waals surface area contributed by atoms with Gasteiger partial charge in [-0.05, 0) is 60.9 Å². The molecule has 3 rings (SSSR count). The van der Waals surface area contributed by atoms with Crippen LogP contribution in [-0.2, 0) is 19.6 Å². The second kappa shape index (κ2) is 10.8. The summed E-state index contributed by atoms with van der Waals surface area (Å²) in [6, 6.07) is 15.3. The predicted molar refractivity (Wildman–Crippen MR) is 131 cm³/mol. The SMILES string of the molecule is C=CCc1cc(CNc2ccc(C)c(Cl)c2)cc(OC)c1OCc1ccc(Cl)cc1Cl. The number of nitrogens with one attached hydrogen (secondary N) is 1. The summed E-state index contributed by atoms with van der Waals surface area (Å²) in [5.41, 5.74) is 4.89. The van der Waals surface area contributed by atoms with Gasteiger partial charge in [0.15, 0.2) is 11.5 Å². The Balaban J connectivity index is 1.82. The number of hydrogen-bond acceptors (Lipinski definition) is 3. The summed E-state index contributed by atoms with van der Waals surface area (Å²) in [4.78, 5) is 0. The fraction of sp³-hybridized carbons (Fsp3) is 0.200. The quantitative estimate of drug-likeness (QED) is 0.319.